The predicted molar refractivity (Wildman–Crippen MR) is 144 cm³/mol. The first-order valence-corrected chi connectivity index (χ1v) is 13.3. The van der Waals surface area contributed by atoms with Gasteiger partial charge in [0.05, 0.1) is 28.3 Å². The topological polar surface area (TPSA) is 125 Å². The Morgan fingerprint density at radius 3 is 2.24 bits per heavy atom. The lowest BCUT2D eigenvalue weighted by molar-refractivity contribution is -0.384. The SMILES string of the molecule is CN(C)CCN(c1ccc(N=C(c2ccc([N+](=O)[O-])cc2)C2C(=O)Nc3ccccc32)cc1)S(C)(=O)=O. The van der Waals surface area contributed by atoms with Crippen molar-refractivity contribution in [3.63, 3.8) is 0 Å². The van der Waals surface area contributed by atoms with Crippen molar-refractivity contribution in [3.8, 4) is 0 Å². The van der Waals surface area contributed by atoms with Crippen LogP contribution in [-0.2, 0) is 14.8 Å². The molecular weight excluding hydrogens is 494 g/mol. The number of fused-ring (bicyclic) bond motifs is 1. The molecule has 37 heavy (non-hydrogen) atoms. The molecule has 4 rings (SSSR count). The maximum atomic E-state index is 13.0. The monoisotopic (exact) mass is 521 g/mol. The molecule has 1 amide bonds. The molecule has 0 aliphatic carbocycles. The molecule has 1 unspecified atom stereocenters. The lowest BCUT2D eigenvalue weighted by Gasteiger charge is -2.24. The van der Waals surface area contributed by atoms with E-state index in [9.17, 15) is 23.3 Å². The molecule has 0 aromatic heterocycles. The van der Waals surface area contributed by atoms with E-state index in [4.69, 9.17) is 4.99 Å². The van der Waals surface area contributed by atoms with Gasteiger partial charge in [0, 0.05) is 30.9 Å². The van der Waals surface area contributed by atoms with Gasteiger partial charge in [-0.3, -0.25) is 24.2 Å². The fourth-order valence-electron chi connectivity index (χ4n) is 4.14. The molecule has 10 nitrogen and oxygen atoms in total. The Bertz CT molecular complexity index is 1450. The summed E-state index contributed by atoms with van der Waals surface area (Å²) in [6.45, 7) is 0.842. The number of aliphatic imine (C=N–C) groups is 1. The number of non-ortho nitro benzene ring substituents is 1. The average molecular weight is 522 g/mol. The smallest absolute Gasteiger partial charge is 0.269 e. The molecule has 3 aromatic rings. The highest BCUT2D eigenvalue weighted by molar-refractivity contribution is 7.92. The van der Waals surface area contributed by atoms with E-state index >= 15 is 0 Å². The van der Waals surface area contributed by atoms with Crippen LogP contribution in [0.1, 0.15) is 17.0 Å². The van der Waals surface area contributed by atoms with E-state index in [1.54, 1.807) is 36.4 Å². The summed E-state index contributed by atoms with van der Waals surface area (Å²) in [5.74, 6) is -0.966. The van der Waals surface area contributed by atoms with Gasteiger partial charge in [0.2, 0.25) is 15.9 Å². The van der Waals surface area contributed by atoms with Gasteiger partial charge in [-0.2, -0.15) is 0 Å². The fraction of sp³-hybridized carbons (Fsp3) is 0.231. The first-order chi connectivity index (χ1) is 17.5. The van der Waals surface area contributed by atoms with Crippen molar-refractivity contribution < 1.29 is 18.1 Å². The minimum atomic E-state index is -3.49. The van der Waals surface area contributed by atoms with Crippen LogP contribution in [0.15, 0.2) is 77.8 Å². The van der Waals surface area contributed by atoms with E-state index in [1.165, 1.54) is 16.4 Å². The van der Waals surface area contributed by atoms with Gasteiger partial charge in [0.25, 0.3) is 5.69 Å². The summed E-state index contributed by atoms with van der Waals surface area (Å²) in [6, 6.07) is 19.9. The van der Waals surface area contributed by atoms with Crippen molar-refractivity contribution in [2.24, 2.45) is 4.99 Å². The normalized spacial score (nSPS) is 15.4. The van der Waals surface area contributed by atoms with Crippen LogP contribution in [0.25, 0.3) is 0 Å². The first-order valence-electron chi connectivity index (χ1n) is 11.5. The zero-order valence-corrected chi connectivity index (χ0v) is 21.5. The Balaban J connectivity index is 1.76. The van der Waals surface area contributed by atoms with Gasteiger partial charge in [-0.15, -0.1) is 0 Å². The largest absolute Gasteiger partial charge is 0.325 e. The fourth-order valence-corrected chi connectivity index (χ4v) is 5.06. The second-order valence-electron chi connectivity index (χ2n) is 8.97. The zero-order valence-electron chi connectivity index (χ0n) is 20.7. The number of para-hydroxylation sites is 1. The van der Waals surface area contributed by atoms with E-state index in [2.05, 4.69) is 5.32 Å². The van der Waals surface area contributed by atoms with Crippen LogP contribution in [-0.4, -0.2) is 63.3 Å². The average Bonchev–Trinajstić information content (AvgIpc) is 3.18. The molecule has 0 radical (unpaired) electrons. The third kappa shape index (κ3) is 5.84. The summed E-state index contributed by atoms with van der Waals surface area (Å²) in [5, 5.41) is 14.0. The van der Waals surface area contributed by atoms with Crippen LogP contribution in [0.2, 0.25) is 0 Å². The van der Waals surface area contributed by atoms with E-state index in [0.717, 1.165) is 11.8 Å². The molecule has 11 heteroatoms. The Hall–Kier alpha value is -4.09. The molecule has 192 valence electrons. The van der Waals surface area contributed by atoms with Crippen LogP contribution in [0.4, 0.5) is 22.7 Å². The van der Waals surface area contributed by atoms with Gasteiger partial charge in [-0.25, -0.2) is 8.42 Å². The molecule has 3 aromatic carbocycles. The maximum absolute atomic E-state index is 13.0. The van der Waals surface area contributed by atoms with Crippen molar-refractivity contribution in [2.45, 2.75) is 5.92 Å². The van der Waals surface area contributed by atoms with Crippen LogP contribution < -0.4 is 9.62 Å². The van der Waals surface area contributed by atoms with Crippen LogP contribution >= 0.6 is 0 Å². The molecular formula is C26H27N5O5S. The van der Waals surface area contributed by atoms with E-state index in [-0.39, 0.29) is 11.6 Å². The Kier molecular flexibility index (Phi) is 7.37. The number of sulfonamides is 1. The number of nitro benzene ring substituents is 1. The number of carbonyl (C=O) groups excluding carboxylic acids is 1. The Morgan fingerprint density at radius 1 is 1.00 bits per heavy atom. The highest BCUT2D eigenvalue weighted by Gasteiger charge is 2.35. The van der Waals surface area contributed by atoms with Gasteiger partial charge in [-0.1, -0.05) is 18.2 Å². The van der Waals surface area contributed by atoms with Crippen molar-refractivity contribution in [3.05, 3.63) is 94.0 Å². The summed E-state index contributed by atoms with van der Waals surface area (Å²) < 4.78 is 26.1. The summed E-state index contributed by atoms with van der Waals surface area (Å²) in [5.41, 5.74) is 3.38. The number of rotatable bonds is 9. The van der Waals surface area contributed by atoms with Gasteiger partial charge >= 0.3 is 0 Å². The number of nitro groups is 1. The number of benzene rings is 3. The van der Waals surface area contributed by atoms with Gasteiger partial charge < -0.3 is 10.2 Å². The van der Waals surface area contributed by atoms with Gasteiger partial charge in [0.15, 0.2) is 0 Å². The lowest BCUT2D eigenvalue weighted by atomic mass is 9.90. The molecule has 0 saturated heterocycles. The Morgan fingerprint density at radius 2 is 1.65 bits per heavy atom. The van der Waals surface area contributed by atoms with Crippen LogP contribution in [0.5, 0.6) is 0 Å². The molecule has 1 atom stereocenters. The number of amides is 1. The van der Waals surface area contributed by atoms with Crippen molar-refractivity contribution in [2.75, 3.05) is 43.1 Å². The molecule has 1 aliphatic rings. The predicted octanol–water partition coefficient (Wildman–Crippen LogP) is 3.78. The molecule has 1 heterocycles. The number of likely N-dealkylation sites (N-methyl/N-ethyl adjacent to an activating group) is 1. The van der Waals surface area contributed by atoms with Crippen molar-refractivity contribution >= 4 is 44.4 Å². The number of hydrogen-bond donors (Lipinski definition) is 1. The minimum absolute atomic E-state index is 0.0673. The maximum Gasteiger partial charge on any atom is 0.269 e. The van der Waals surface area contributed by atoms with Crippen molar-refractivity contribution in [1.29, 1.82) is 0 Å². The summed E-state index contributed by atoms with van der Waals surface area (Å²) in [7, 11) is 0.246. The van der Waals surface area contributed by atoms with E-state index in [1.807, 2.05) is 43.3 Å². The third-order valence-corrected chi connectivity index (χ3v) is 7.17. The minimum Gasteiger partial charge on any atom is -0.325 e. The van der Waals surface area contributed by atoms with Gasteiger partial charge in [-0.05, 0) is 67.7 Å². The number of anilines is 2. The zero-order chi connectivity index (χ0) is 26.7. The number of nitrogens with zero attached hydrogens (tertiary/aromatic N) is 4. The van der Waals surface area contributed by atoms with Crippen molar-refractivity contribution in [1.82, 2.24) is 4.90 Å². The standard InChI is InChI=1S/C26H27N5O5S/c1-29(2)16-17-30(37(3,35)36)20-14-10-19(11-15-20)27-25(18-8-12-21(13-9-18)31(33)34)24-22-6-4-5-7-23(22)28-26(24)32/h4-15,24H,16-17H2,1-3H3,(H,28,32). The molecule has 0 spiro atoms. The molecule has 0 fully saturated rings. The molecule has 0 bridgehead atoms. The quantitative estimate of drug-likeness (QED) is 0.260. The molecule has 1 aliphatic heterocycles. The number of carbonyl (C=O) groups is 1. The summed E-state index contributed by atoms with van der Waals surface area (Å²) in [6.07, 6.45) is 1.16. The summed E-state index contributed by atoms with van der Waals surface area (Å²) >= 11 is 0. The summed E-state index contributed by atoms with van der Waals surface area (Å²) in [4.78, 5) is 30.4. The van der Waals surface area contributed by atoms with E-state index < -0.39 is 20.9 Å². The first kappa shape index (κ1) is 26.0. The molecule has 0 saturated carbocycles. The highest BCUT2D eigenvalue weighted by atomic mass is 32.2. The number of hydrogen-bond acceptors (Lipinski definition) is 7. The molecule has 1 N–H and O–H groups in total. The van der Waals surface area contributed by atoms with E-state index in [0.29, 0.717) is 41.4 Å². The van der Waals surface area contributed by atoms with Gasteiger partial charge in [0.1, 0.15) is 5.92 Å². The second kappa shape index (κ2) is 10.5. The Labute approximate surface area is 215 Å². The lowest BCUT2D eigenvalue weighted by Crippen LogP contribution is -2.35. The highest BCUT2D eigenvalue weighted by Crippen LogP contribution is 2.36. The van der Waals surface area contributed by atoms with Crippen LogP contribution in [0, 0.1) is 10.1 Å². The second-order valence-corrected chi connectivity index (χ2v) is 10.9. The third-order valence-electron chi connectivity index (χ3n) is 5.98. The van der Waals surface area contributed by atoms with Crippen LogP contribution in [0.3, 0.4) is 0 Å². The number of nitrogens with one attached hydrogen (secondary N) is 1.